The van der Waals surface area contributed by atoms with E-state index in [1.807, 2.05) is 27.1 Å². The summed E-state index contributed by atoms with van der Waals surface area (Å²) < 4.78 is 5.45. The topological polar surface area (TPSA) is 82.1 Å². The van der Waals surface area contributed by atoms with Gasteiger partial charge in [0, 0.05) is 25.4 Å². The molecule has 7 heteroatoms. The van der Waals surface area contributed by atoms with Crippen molar-refractivity contribution in [1.29, 1.82) is 0 Å². The highest BCUT2D eigenvalue weighted by atomic mass is 16.5. The second-order valence-corrected chi connectivity index (χ2v) is 5.52. The molecule has 2 aliphatic heterocycles. The summed E-state index contributed by atoms with van der Waals surface area (Å²) >= 11 is 0. The highest BCUT2D eigenvalue weighted by Gasteiger charge is 2.52. The van der Waals surface area contributed by atoms with Crippen LogP contribution in [0.25, 0.3) is 11.3 Å². The van der Waals surface area contributed by atoms with Gasteiger partial charge in [-0.2, -0.15) is 15.0 Å². The highest BCUT2D eigenvalue weighted by Crippen LogP contribution is 2.50. The van der Waals surface area contributed by atoms with E-state index in [2.05, 4.69) is 20.1 Å². The number of hydrogen-bond acceptors (Lipinski definition) is 6. The molecule has 0 amide bonds. The van der Waals surface area contributed by atoms with Crippen molar-refractivity contribution in [2.45, 2.75) is 12.5 Å². The zero-order chi connectivity index (χ0) is 14.1. The van der Waals surface area contributed by atoms with Crippen LogP contribution in [0.15, 0.2) is 6.07 Å². The van der Waals surface area contributed by atoms with Crippen LogP contribution < -0.4 is 10.6 Å². The number of ether oxygens (including phenoxy) is 1. The van der Waals surface area contributed by atoms with Gasteiger partial charge in [-0.25, -0.2) is 4.98 Å². The van der Waals surface area contributed by atoms with Gasteiger partial charge < -0.3 is 15.4 Å². The second kappa shape index (κ2) is 3.49. The summed E-state index contributed by atoms with van der Waals surface area (Å²) in [5.74, 6) is 0.532. The number of nitrogens with zero attached hydrogens (tertiary/aromatic N) is 5. The third-order valence-corrected chi connectivity index (χ3v) is 4.22. The first kappa shape index (κ1) is 11.7. The molecule has 20 heavy (non-hydrogen) atoms. The SMILES string of the molecule is Cc1cc2c(c(N)n1)N(C)C1(COC1)c1nn(C)nc1-2. The minimum Gasteiger partial charge on any atom is -0.382 e. The van der Waals surface area contributed by atoms with Crippen molar-refractivity contribution in [2.24, 2.45) is 7.05 Å². The Kier molecular flexibility index (Phi) is 2.03. The summed E-state index contributed by atoms with van der Waals surface area (Å²) in [6.07, 6.45) is 0. The van der Waals surface area contributed by atoms with Crippen LogP contribution in [0.1, 0.15) is 11.4 Å². The zero-order valence-corrected chi connectivity index (χ0v) is 11.7. The zero-order valence-electron chi connectivity index (χ0n) is 11.7. The Morgan fingerprint density at radius 3 is 2.70 bits per heavy atom. The first-order chi connectivity index (χ1) is 9.53. The normalized spacial score (nSPS) is 18.6. The largest absolute Gasteiger partial charge is 0.382 e. The van der Waals surface area contributed by atoms with E-state index >= 15 is 0 Å². The number of rotatable bonds is 0. The van der Waals surface area contributed by atoms with Gasteiger partial charge in [0.25, 0.3) is 0 Å². The summed E-state index contributed by atoms with van der Waals surface area (Å²) in [5, 5.41) is 9.08. The van der Waals surface area contributed by atoms with Crippen molar-refractivity contribution < 1.29 is 4.74 Å². The van der Waals surface area contributed by atoms with Gasteiger partial charge in [0.1, 0.15) is 22.7 Å². The summed E-state index contributed by atoms with van der Waals surface area (Å²) in [5.41, 5.74) is 10.5. The average Bonchev–Trinajstić information content (AvgIpc) is 2.68. The van der Waals surface area contributed by atoms with Crippen molar-refractivity contribution in [3.63, 3.8) is 0 Å². The first-order valence-corrected chi connectivity index (χ1v) is 6.54. The van der Waals surface area contributed by atoms with Crippen LogP contribution in [-0.2, 0) is 17.3 Å². The molecule has 4 heterocycles. The molecule has 0 aromatic carbocycles. The first-order valence-electron chi connectivity index (χ1n) is 6.54. The van der Waals surface area contributed by atoms with Gasteiger partial charge >= 0.3 is 0 Å². The van der Waals surface area contributed by atoms with Gasteiger partial charge in [-0.05, 0) is 13.0 Å². The summed E-state index contributed by atoms with van der Waals surface area (Å²) in [4.78, 5) is 8.14. The lowest BCUT2D eigenvalue weighted by molar-refractivity contribution is -0.0617. The van der Waals surface area contributed by atoms with Crippen LogP contribution in [0.5, 0.6) is 0 Å². The van der Waals surface area contributed by atoms with E-state index in [0.717, 1.165) is 28.3 Å². The fraction of sp³-hybridized carbons (Fsp3) is 0.462. The number of pyridine rings is 1. The van der Waals surface area contributed by atoms with Crippen molar-refractivity contribution in [1.82, 2.24) is 20.0 Å². The third kappa shape index (κ3) is 1.21. The maximum Gasteiger partial charge on any atom is 0.148 e. The van der Waals surface area contributed by atoms with Crippen LogP contribution in [0, 0.1) is 6.92 Å². The predicted octanol–water partition coefficient (Wildman–Crippen LogP) is 0.443. The Labute approximate surface area is 116 Å². The minimum atomic E-state index is -0.262. The minimum absolute atomic E-state index is 0.262. The molecule has 2 N–H and O–H groups in total. The van der Waals surface area contributed by atoms with Gasteiger partial charge in [0.05, 0.1) is 18.9 Å². The third-order valence-electron chi connectivity index (χ3n) is 4.22. The number of nitrogen functional groups attached to an aromatic ring is 1. The van der Waals surface area contributed by atoms with E-state index in [1.165, 1.54) is 0 Å². The van der Waals surface area contributed by atoms with Crippen molar-refractivity contribution in [3.8, 4) is 11.3 Å². The molecule has 0 bridgehead atoms. The van der Waals surface area contributed by atoms with Crippen LogP contribution >= 0.6 is 0 Å². The fourth-order valence-corrected chi connectivity index (χ4v) is 3.12. The Balaban J connectivity index is 2.07. The Bertz CT molecular complexity index is 718. The van der Waals surface area contributed by atoms with Crippen LogP contribution in [0.2, 0.25) is 0 Å². The number of nitrogens with two attached hydrogens (primary N) is 1. The fourth-order valence-electron chi connectivity index (χ4n) is 3.12. The summed E-state index contributed by atoms with van der Waals surface area (Å²) in [6, 6.07) is 2.02. The molecular weight excluding hydrogens is 256 g/mol. The van der Waals surface area contributed by atoms with E-state index in [1.54, 1.807) is 4.80 Å². The molecule has 104 valence electrons. The molecule has 1 saturated heterocycles. The van der Waals surface area contributed by atoms with Gasteiger partial charge in [-0.1, -0.05) is 0 Å². The predicted molar refractivity (Wildman–Crippen MR) is 74.3 cm³/mol. The van der Waals surface area contributed by atoms with Crippen molar-refractivity contribution >= 4 is 11.5 Å². The van der Waals surface area contributed by atoms with Crippen LogP contribution in [-0.4, -0.2) is 40.2 Å². The lowest BCUT2D eigenvalue weighted by Crippen LogP contribution is -2.60. The molecule has 0 atom stereocenters. The van der Waals surface area contributed by atoms with Crippen LogP contribution in [0.3, 0.4) is 0 Å². The molecule has 0 saturated carbocycles. The van der Waals surface area contributed by atoms with Gasteiger partial charge in [-0.15, -0.1) is 0 Å². The summed E-state index contributed by atoms with van der Waals surface area (Å²) in [7, 11) is 3.86. The van der Waals surface area contributed by atoms with E-state index in [4.69, 9.17) is 10.5 Å². The molecule has 2 aromatic heterocycles. The molecule has 0 unspecified atom stereocenters. The van der Waals surface area contributed by atoms with Gasteiger partial charge in [0.15, 0.2) is 0 Å². The second-order valence-electron chi connectivity index (χ2n) is 5.52. The molecular formula is C13H16N6O. The molecule has 2 aliphatic rings. The molecule has 0 radical (unpaired) electrons. The number of hydrogen-bond donors (Lipinski definition) is 1. The van der Waals surface area contributed by atoms with Crippen molar-refractivity contribution in [2.75, 3.05) is 30.9 Å². The monoisotopic (exact) mass is 272 g/mol. The smallest absolute Gasteiger partial charge is 0.148 e. The van der Waals surface area contributed by atoms with Gasteiger partial charge in [0.2, 0.25) is 0 Å². The Morgan fingerprint density at radius 1 is 1.30 bits per heavy atom. The maximum absolute atomic E-state index is 6.15. The Hall–Kier alpha value is -2.15. The molecule has 1 spiro atoms. The lowest BCUT2D eigenvalue weighted by Gasteiger charge is -2.50. The average molecular weight is 272 g/mol. The van der Waals surface area contributed by atoms with E-state index in [9.17, 15) is 0 Å². The standard InChI is InChI=1S/C13H16N6O/c1-7-4-8-9-11(17-19(3)16-9)13(5-20-6-13)18(2)10(8)12(14)15-7/h4H,5-6H2,1-3H3,(H2,14,15). The van der Waals surface area contributed by atoms with E-state index in [-0.39, 0.29) is 5.54 Å². The molecule has 1 fully saturated rings. The number of likely N-dealkylation sites (N-methyl/N-ethyl adjacent to an activating group) is 1. The molecule has 4 rings (SSSR count). The van der Waals surface area contributed by atoms with E-state index in [0.29, 0.717) is 19.0 Å². The highest BCUT2D eigenvalue weighted by molar-refractivity contribution is 5.89. The number of anilines is 2. The molecule has 2 aromatic rings. The van der Waals surface area contributed by atoms with Gasteiger partial charge in [-0.3, -0.25) is 0 Å². The number of aromatic nitrogens is 4. The van der Waals surface area contributed by atoms with E-state index < -0.39 is 0 Å². The molecule has 7 nitrogen and oxygen atoms in total. The Morgan fingerprint density at radius 2 is 2.05 bits per heavy atom. The van der Waals surface area contributed by atoms with Crippen LogP contribution in [0.4, 0.5) is 11.5 Å². The lowest BCUT2D eigenvalue weighted by atomic mass is 9.83. The maximum atomic E-state index is 6.15. The molecule has 0 aliphatic carbocycles. The quantitative estimate of drug-likeness (QED) is 0.749. The number of aryl methyl sites for hydroxylation is 2. The van der Waals surface area contributed by atoms with Crippen molar-refractivity contribution in [3.05, 3.63) is 17.5 Å². The number of fused-ring (bicyclic) bond motifs is 4. The summed E-state index contributed by atoms with van der Waals surface area (Å²) in [6.45, 7) is 3.13.